The van der Waals surface area contributed by atoms with Crippen molar-refractivity contribution in [2.75, 3.05) is 13.1 Å². The van der Waals surface area contributed by atoms with Crippen LogP contribution in [0.15, 0.2) is 18.2 Å². The number of hydrogen-bond acceptors (Lipinski definition) is 2. The van der Waals surface area contributed by atoms with Gasteiger partial charge in [0.1, 0.15) is 0 Å². The summed E-state index contributed by atoms with van der Waals surface area (Å²) in [6.07, 6.45) is 6.83. The molecule has 1 aromatic carbocycles. The fraction of sp³-hybridized carbons (Fsp3) is 0.625. The van der Waals surface area contributed by atoms with Gasteiger partial charge in [-0.05, 0) is 30.5 Å². The Labute approximate surface area is 118 Å². The van der Waals surface area contributed by atoms with Crippen LogP contribution in [0.4, 0.5) is 8.78 Å². The first-order valence-electron chi connectivity index (χ1n) is 7.52. The van der Waals surface area contributed by atoms with E-state index in [-0.39, 0.29) is 11.7 Å². The van der Waals surface area contributed by atoms with Crippen molar-refractivity contribution in [3.05, 3.63) is 35.4 Å². The van der Waals surface area contributed by atoms with E-state index in [0.29, 0.717) is 6.54 Å². The van der Waals surface area contributed by atoms with Gasteiger partial charge < -0.3 is 10.1 Å². The van der Waals surface area contributed by atoms with E-state index in [1.807, 2.05) is 0 Å². The summed E-state index contributed by atoms with van der Waals surface area (Å²) in [4.78, 5) is 0. The van der Waals surface area contributed by atoms with Gasteiger partial charge in [0.25, 0.3) is 0 Å². The Morgan fingerprint density at radius 1 is 1.05 bits per heavy atom. The van der Waals surface area contributed by atoms with Gasteiger partial charge >= 0.3 is 0 Å². The Bertz CT molecular complexity index is 470. The molecule has 3 rings (SSSR count). The summed E-state index contributed by atoms with van der Waals surface area (Å²) in [7, 11) is 0. The molecule has 1 aliphatic carbocycles. The van der Waals surface area contributed by atoms with Crippen molar-refractivity contribution in [1.82, 2.24) is 5.32 Å². The highest BCUT2D eigenvalue weighted by Gasteiger charge is 2.37. The Morgan fingerprint density at radius 3 is 2.50 bits per heavy atom. The molecule has 0 radical (unpaired) electrons. The molecule has 2 fully saturated rings. The van der Waals surface area contributed by atoms with Crippen molar-refractivity contribution < 1.29 is 13.5 Å². The standard InChI is InChI=1S/C16H21F2NO/c17-13-6-5-12(9-14(13)18)15-10-19-11-16(20-15)7-3-1-2-4-8-16/h5-6,9,15,19H,1-4,7-8,10-11H2. The van der Waals surface area contributed by atoms with Gasteiger partial charge in [0.2, 0.25) is 0 Å². The maximum Gasteiger partial charge on any atom is 0.159 e. The van der Waals surface area contributed by atoms with Gasteiger partial charge in [-0.1, -0.05) is 31.7 Å². The summed E-state index contributed by atoms with van der Waals surface area (Å²) in [5, 5.41) is 3.41. The zero-order chi connectivity index (χ0) is 14.0. The van der Waals surface area contributed by atoms with Crippen LogP contribution in [0, 0.1) is 11.6 Å². The zero-order valence-corrected chi connectivity index (χ0v) is 11.6. The molecule has 2 aliphatic rings. The predicted molar refractivity (Wildman–Crippen MR) is 73.5 cm³/mol. The molecule has 110 valence electrons. The van der Waals surface area contributed by atoms with Crippen molar-refractivity contribution >= 4 is 0 Å². The van der Waals surface area contributed by atoms with Crippen molar-refractivity contribution in [2.45, 2.75) is 50.2 Å². The molecule has 1 atom stereocenters. The first-order chi connectivity index (χ1) is 9.69. The Balaban J connectivity index is 1.78. The Kier molecular flexibility index (Phi) is 4.03. The molecule has 20 heavy (non-hydrogen) atoms. The maximum atomic E-state index is 13.4. The van der Waals surface area contributed by atoms with E-state index in [4.69, 9.17) is 4.74 Å². The maximum absolute atomic E-state index is 13.4. The molecule has 1 spiro atoms. The average molecular weight is 281 g/mol. The molecule has 1 saturated heterocycles. The third-order valence-corrected chi connectivity index (χ3v) is 4.50. The lowest BCUT2D eigenvalue weighted by Gasteiger charge is -2.41. The summed E-state index contributed by atoms with van der Waals surface area (Å²) in [6.45, 7) is 1.53. The number of morpholine rings is 1. The second-order valence-electron chi connectivity index (χ2n) is 6.01. The molecule has 0 bridgehead atoms. The molecule has 0 aromatic heterocycles. The normalized spacial score (nSPS) is 26.4. The molecule has 0 amide bonds. The minimum Gasteiger partial charge on any atom is -0.364 e. The first-order valence-corrected chi connectivity index (χ1v) is 7.52. The molecule has 2 nitrogen and oxygen atoms in total. The lowest BCUT2D eigenvalue weighted by atomic mass is 9.91. The summed E-state index contributed by atoms with van der Waals surface area (Å²) < 4.78 is 32.7. The van der Waals surface area contributed by atoms with Crippen LogP contribution in [0.3, 0.4) is 0 Å². The van der Waals surface area contributed by atoms with E-state index in [2.05, 4.69) is 5.32 Å². The van der Waals surface area contributed by atoms with Crippen molar-refractivity contribution in [3.8, 4) is 0 Å². The molecular formula is C16H21F2NO. The quantitative estimate of drug-likeness (QED) is 0.847. The van der Waals surface area contributed by atoms with Crippen molar-refractivity contribution in [1.29, 1.82) is 0 Å². The Hall–Kier alpha value is -1.00. The highest BCUT2D eigenvalue weighted by atomic mass is 19.2. The average Bonchev–Trinajstić information content (AvgIpc) is 2.68. The van der Waals surface area contributed by atoms with Gasteiger partial charge in [0.15, 0.2) is 11.6 Å². The number of nitrogens with one attached hydrogen (secondary N) is 1. The smallest absolute Gasteiger partial charge is 0.159 e. The minimum absolute atomic E-state index is 0.121. The van der Waals surface area contributed by atoms with Crippen LogP contribution in [0.5, 0.6) is 0 Å². The van der Waals surface area contributed by atoms with E-state index in [9.17, 15) is 8.78 Å². The highest BCUT2D eigenvalue weighted by molar-refractivity contribution is 5.21. The first kappa shape index (κ1) is 14.0. The largest absolute Gasteiger partial charge is 0.364 e. The van der Waals surface area contributed by atoms with Crippen molar-refractivity contribution in [2.24, 2.45) is 0 Å². The number of halogens is 2. The molecule has 1 N–H and O–H groups in total. The predicted octanol–water partition coefficient (Wildman–Crippen LogP) is 3.72. The van der Waals surface area contributed by atoms with Crippen LogP contribution in [-0.2, 0) is 4.74 Å². The second kappa shape index (κ2) is 5.78. The third-order valence-electron chi connectivity index (χ3n) is 4.50. The van der Waals surface area contributed by atoms with Crippen molar-refractivity contribution in [3.63, 3.8) is 0 Å². The summed E-state index contributed by atoms with van der Waals surface area (Å²) >= 11 is 0. The molecule has 1 aliphatic heterocycles. The van der Waals surface area contributed by atoms with Crippen LogP contribution in [0.25, 0.3) is 0 Å². The highest BCUT2D eigenvalue weighted by Crippen LogP contribution is 2.37. The lowest BCUT2D eigenvalue weighted by molar-refractivity contribution is -0.126. The number of benzene rings is 1. The summed E-state index contributed by atoms with van der Waals surface area (Å²) in [5.41, 5.74) is 0.601. The van der Waals surface area contributed by atoms with E-state index in [0.717, 1.165) is 24.9 Å². The minimum atomic E-state index is -0.804. The topological polar surface area (TPSA) is 21.3 Å². The number of rotatable bonds is 1. The van der Waals surface area contributed by atoms with Gasteiger partial charge in [0, 0.05) is 13.1 Å². The molecular weight excluding hydrogens is 260 g/mol. The second-order valence-corrected chi connectivity index (χ2v) is 6.01. The van der Waals surface area contributed by atoms with E-state index in [1.165, 1.54) is 37.8 Å². The van der Waals surface area contributed by atoms with Crippen LogP contribution in [0.2, 0.25) is 0 Å². The molecule has 1 heterocycles. The van der Waals surface area contributed by atoms with Gasteiger partial charge in [0.05, 0.1) is 11.7 Å². The van der Waals surface area contributed by atoms with Crippen LogP contribution >= 0.6 is 0 Å². The molecule has 1 aromatic rings. The van der Waals surface area contributed by atoms with Crippen LogP contribution < -0.4 is 5.32 Å². The summed E-state index contributed by atoms with van der Waals surface area (Å²) in [6, 6.07) is 4.07. The molecule has 1 saturated carbocycles. The van der Waals surface area contributed by atoms with Crippen LogP contribution in [-0.4, -0.2) is 18.7 Å². The summed E-state index contributed by atoms with van der Waals surface area (Å²) in [5.74, 6) is -1.60. The SMILES string of the molecule is Fc1ccc(C2CNCC3(CCCCCC3)O2)cc1F. The zero-order valence-electron chi connectivity index (χ0n) is 11.6. The Morgan fingerprint density at radius 2 is 1.80 bits per heavy atom. The molecule has 1 unspecified atom stereocenters. The van der Waals surface area contributed by atoms with E-state index in [1.54, 1.807) is 6.07 Å². The fourth-order valence-corrected chi connectivity index (χ4v) is 3.38. The number of ether oxygens (including phenoxy) is 1. The monoisotopic (exact) mass is 281 g/mol. The van der Waals surface area contributed by atoms with Crippen LogP contribution in [0.1, 0.15) is 50.2 Å². The van der Waals surface area contributed by atoms with Gasteiger partial charge in [-0.15, -0.1) is 0 Å². The number of hydrogen-bond donors (Lipinski definition) is 1. The fourth-order valence-electron chi connectivity index (χ4n) is 3.38. The van der Waals surface area contributed by atoms with E-state index < -0.39 is 11.6 Å². The molecule has 4 heteroatoms. The van der Waals surface area contributed by atoms with Gasteiger partial charge in [-0.25, -0.2) is 8.78 Å². The third kappa shape index (κ3) is 2.86. The lowest BCUT2D eigenvalue weighted by Crippen LogP contribution is -2.50. The van der Waals surface area contributed by atoms with Gasteiger partial charge in [-0.3, -0.25) is 0 Å². The van der Waals surface area contributed by atoms with Gasteiger partial charge in [-0.2, -0.15) is 0 Å². The van der Waals surface area contributed by atoms with E-state index >= 15 is 0 Å².